The summed E-state index contributed by atoms with van der Waals surface area (Å²) in [7, 11) is 0. The molecule has 3 aromatic carbocycles. The fraction of sp³-hybridized carbons (Fsp3) is 0.350. The van der Waals surface area contributed by atoms with Crippen LogP contribution in [0.1, 0.15) is 63.5 Å². The van der Waals surface area contributed by atoms with Gasteiger partial charge < -0.3 is 24.9 Å². The van der Waals surface area contributed by atoms with Crippen molar-refractivity contribution in [3.63, 3.8) is 0 Å². The van der Waals surface area contributed by atoms with Crippen LogP contribution in [0.25, 0.3) is 10.9 Å². The molecule has 11 heteroatoms. The standard InChI is InChI=1S/C40H44N4O7/c1-26(2)36(43-37(47)31-21-20-28-16-12-13-19-30(28)41-31)33-24-40(51-44-33,23-27-14-8-6-9-15-27)38(48)42-32(22-35(46)50-39(3,4)5)34(45)25-49-29-17-10-7-11-18-29/h6-21,26,32,36H,22-25H2,1-5H3,(H,42,48)(H,43,47)/t32-,36-,40?/m0/s1. The molecule has 1 unspecified atom stereocenters. The summed E-state index contributed by atoms with van der Waals surface area (Å²) >= 11 is 0. The van der Waals surface area contributed by atoms with E-state index in [-0.39, 0.29) is 24.5 Å². The van der Waals surface area contributed by atoms with Gasteiger partial charge in [0.2, 0.25) is 5.60 Å². The molecule has 5 rings (SSSR count). The Labute approximate surface area is 297 Å². The number of nitrogens with zero attached hydrogens (tertiary/aromatic N) is 2. The first-order chi connectivity index (χ1) is 24.3. The number of carbonyl (C=O) groups is 4. The molecular formula is C40H44N4O7. The second-order valence-electron chi connectivity index (χ2n) is 14.0. The molecule has 0 aliphatic carbocycles. The summed E-state index contributed by atoms with van der Waals surface area (Å²) in [6, 6.07) is 27.2. The van der Waals surface area contributed by atoms with Crippen LogP contribution < -0.4 is 15.4 Å². The van der Waals surface area contributed by atoms with Crippen LogP contribution >= 0.6 is 0 Å². The summed E-state index contributed by atoms with van der Waals surface area (Å²) in [4.78, 5) is 65.0. The molecule has 51 heavy (non-hydrogen) atoms. The second kappa shape index (κ2) is 16.0. The maximum absolute atomic E-state index is 14.4. The molecule has 2 heterocycles. The number of nitrogens with one attached hydrogen (secondary N) is 2. The zero-order valence-corrected chi connectivity index (χ0v) is 29.6. The van der Waals surface area contributed by atoms with Crippen LogP contribution in [-0.2, 0) is 30.4 Å². The molecule has 3 atom stereocenters. The van der Waals surface area contributed by atoms with Crippen LogP contribution in [0.2, 0.25) is 0 Å². The normalized spacial score (nSPS) is 16.8. The Kier molecular flexibility index (Phi) is 11.5. The molecule has 2 amide bonds. The minimum Gasteiger partial charge on any atom is -0.486 e. The topological polar surface area (TPSA) is 145 Å². The van der Waals surface area contributed by atoms with Crippen molar-refractivity contribution < 1.29 is 33.5 Å². The molecule has 0 radical (unpaired) electrons. The molecular weight excluding hydrogens is 648 g/mol. The highest BCUT2D eigenvalue weighted by Gasteiger charge is 2.49. The van der Waals surface area contributed by atoms with Gasteiger partial charge in [-0.2, -0.15) is 0 Å². The van der Waals surface area contributed by atoms with E-state index in [1.807, 2.05) is 80.6 Å². The number of ether oxygens (including phenoxy) is 2. The smallest absolute Gasteiger partial charge is 0.308 e. The molecule has 1 aliphatic heterocycles. The van der Waals surface area contributed by atoms with Crippen molar-refractivity contribution in [2.45, 2.75) is 77.2 Å². The highest BCUT2D eigenvalue weighted by Crippen LogP contribution is 2.32. The molecule has 0 fully saturated rings. The summed E-state index contributed by atoms with van der Waals surface area (Å²) in [5.74, 6) is -1.89. The number of fused-ring (bicyclic) bond motifs is 1. The average molecular weight is 693 g/mol. The number of carbonyl (C=O) groups excluding carboxylic acids is 4. The molecule has 0 saturated carbocycles. The predicted octanol–water partition coefficient (Wildman–Crippen LogP) is 5.61. The van der Waals surface area contributed by atoms with E-state index in [1.54, 1.807) is 51.1 Å². The van der Waals surface area contributed by atoms with E-state index in [9.17, 15) is 19.2 Å². The number of aromatic nitrogens is 1. The average Bonchev–Trinajstić information content (AvgIpc) is 3.53. The van der Waals surface area contributed by atoms with Crippen molar-refractivity contribution in [3.8, 4) is 5.75 Å². The molecule has 0 saturated heterocycles. The van der Waals surface area contributed by atoms with E-state index < -0.39 is 59.9 Å². The van der Waals surface area contributed by atoms with Gasteiger partial charge in [0.05, 0.1) is 23.7 Å². The summed E-state index contributed by atoms with van der Waals surface area (Å²) in [6.07, 6.45) is -0.306. The van der Waals surface area contributed by atoms with E-state index in [0.29, 0.717) is 17.0 Å². The van der Waals surface area contributed by atoms with Gasteiger partial charge in [-0.15, -0.1) is 0 Å². The Morgan fingerprint density at radius 1 is 0.863 bits per heavy atom. The van der Waals surface area contributed by atoms with Crippen molar-refractivity contribution in [1.29, 1.82) is 0 Å². The zero-order valence-electron chi connectivity index (χ0n) is 29.6. The number of para-hydroxylation sites is 2. The third kappa shape index (κ3) is 9.78. The molecule has 0 spiro atoms. The summed E-state index contributed by atoms with van der Waals surface area (Å²) < 4.78 is 11.2. The van der Waals surface area contributed by atoms with E-state index in [2.05, 4.69) is 20.8 Å². The fourth-order valence-corrected chi connectivity index (χ4v) is 5.79. The Balaban J connectivity index is 1.38. The molecule has 266 valence electrons. The lowest BCUT2D eigenvalue weighted by atomic mass is 9.84. The Morgan fingerprint density at radius 2 is 1.53 bits per heavy atom. The lowest BCUT2D eigenvalue weighted by Crippen LogP contribution is -2.55. The van der Waals surface area contributed by atoms with Crippen LogP contribution in [0, 0.1) is 5.92 Å². The number of amides is 2. The number of Topliss-reactive ketones (excluding diaryl/α,β-unsaturated/α-hetero) is 1. The number of hydrogen-bond acceptors (Lipinski definition) is 9. The van der Waals surface area contributed by atoms with Crippen molar-refractivity contribution >= 4 is 40.2 Å². The Morgan fingerprint density at radius 3 is 2.22 bits per heavy atom. The van der Waals surface area contributed by atoms with E-state index in [1.165, 1.54) is 0 Å². The van der Waals surface area contributed by atoms with E-state index in [4.69, 9.17) is 14.3 Å². The third-order valence-electron chi connectivity index (χ3n) is 8.30. The van der Waals surface area contributed by atoms with Gasteiger partial charge in [-0.3, -0.25) is 19.2 Å². The second-order valence-corrected chi connectivity index (χ2v) is 14.0. The number of ketones is 1. The first kappa shape index (κ1) is 36.7. The quantitative estimate of drug-likeness (QED) is 0.162. The van der Waals surface area contributed by atoms with Gasteiger partial charge in [0, 0.05) is 18.2 Å². The van der Waals surface area contributed by atoms with Crippen molar-refractivity contribution in [3.05, 3.63) is 108 Å². The molecule has 11 nitrogen and oxygen atoms in total. The van der Waals surface area contributed by atoms with E-state index >= 15 is 0 Å². The Hall–Kier alpha value is -5.58. The number of esters is 1. The molecule has 1 aliphatic rings. The van der Waals surface area contributed by atoms with Gasteiger partial charge in [0.15, 0.2) is 5.78 Å². The van der Waals surface area contributed by atoms with Crippen LogP contribution in [-0.4, -0.2) is 64.2 Å². The predicted molar refractivity (Wildman–Crippen MR) is 193 cm³/mol. The van der Waals surface area contributed by atoms with Crippen LogP contribution in [0.5, 0.6) is 5.75 Å². The molecule has 2 N–H and O–H groups in total. The lowest BCUT2D eigenvalue weighted by molar-refractivity contribution is -0.157. The fourth-order valence-electron chi connectivity index (χ4n) is 5.79. The van der Waals surface area contributed by atoms with Crippen molar-refractivity contribution in [1.82, 2.24) is 15.6 Å². The number of pyridine rings is 1. The summed E-state index contributed by atoms with van der Waals surface area (Å²) in [5.41, 5.74) is -0.226. The van der Waals surface area contributed by atoms with Gasteiger partial charge in [-0.05, 0) is 56.5 Å². The lowest BCUT2D eigenvalue weighted by Gasteiger charge is -2.29. The van der Waals surface area contributed by atoms with Crippen molar-refractivity contribution in [2.24, 2.45) is 11.1 Å². The molecule has 1 aromatic heterocycles. The first-order valence-corrected chi connectivity index (χ1v) is 17.0. The maximum atomic E-state index is 14.4. The van der Waals surface area contributed by atoms with Gasteiger partial charge in [-0.25, -0.2) is 4.98 Å². The van der Waals surface area contributed by atoms with Crippen LogP contribution in [0.4, 0.5) is 0 Å². The Bertz CT molecular complexity index is 1890. The largest absolute Gasteiger partial charge is 0.486 e. The number of benzene rings is 3. The molecule has 4 aromatic rings. The van der Waals surface area contributed by atoms with Gasteiger partial charge >= 0.3 is 5.97 Å². The van der Waals surface area contributed by atoms with Crippen LogP contribution in [0.3, 0.4) is 0 Å². The SMILES string of the molecule is CC(C)[C@H](NC(=O)c1ccc2ccccc2n1)C1=NOC(Cc2ccccc2)(C(=O)N[C@@H](CC(=O)OC(C)(C)C)C(=O)COc2ccccc2)C1. The highest BCUT2D eigenvalue weighted by molar-refractivity contribution is 6.03. The summed E-state index contributed by atoms with van der Waals surface area (Å²) in [6.45, 7) is 8.63. The minimum absolute atomic E-state index is 0.00979. The maximum Gasteiger partial charge on any atom is 0.308 e. The third-order valence-corrected chi connectivity index (χ3v) is 8.30. The molecule has 0 bridgehead atoms. The van der Waals surface area contributed by atoms with E-state index in [0.717, 1.165) is 10.9 Å². The zero-order chi connectivity index (χ0) is 36.6. The minimum atomic E-state index is -1.59. The van der Waals surface area contributed by atoms with Gasteiger partial charge in [-0.1, -0.05) is 91.8 Å². The summed E-state index contributed by atoms with van der Waals surface area (Å²) in [5, 5.41) is 11.1. The number of oxime groups is 1. The van der Waals surface area contributed by atoms with Gasteiger partial charge in [0.25, 0.3) is 11.8 Å². The van der Waals surface area contributed by atoms with Crippen LogP contribution in [0.15, 0.2) is 102 Å². The monoisotopic (exact) mass is 692 g/mol. The van der Waals surface area contributed by atoms with Gasteiger partial charge in [0.1, 0.15) is 29.7 Å². The number of hydrogen-bond donors (Lipinski definition) is 2. The van der Waals surface area contributed by atoms with Crippen molar-refractivity contribution in [2.75, 3.05) is 6.61 Å². The number of rotatable bonds is 14. The highest BCUT2D eigenvalue weighted by atomic mass is 16.7. The first-order valence-electron chi connectivity index (χ1n) is 17.0.